The van der Waals surface area contributed by atoms with E-state index in [0.717, 1.165) is 30.9 Å². The van der Waals surface area contributed by atoms with Gasteiger partial charge in [0.1, 0.15) is 12.4 Å². The quantitative estimate of drug-likeness (QED) is 0.835. The summed E-state index contributed by atoms with van der Waals surface area (Å²) >= 11 is 0. The normalized spacial score (nSPS) is 18.2. The third-order valence-electron chi connectivity index (χ3n) is 4.26. The highest BCUT2D eigenvalue weighted by Gasteiger charge is 2.27. The topological polar surface area (TPSA) is 73.0 Å². The van der Waals surface area contributed by atoms with Crippen molar-refractivity contribution >= 4 is 5.91 Å². The molecule has 3 rings (SSSR count). The van der Waals surface area contributed by atoms with E-state index in [4.69, 9.17) is 0 Å². The van der Waals surface area contributed by atoms with E-state index in [1.807, 2.05) is 29.6 Å². The molecule has 7 nitrogen and oxygen atoms in total. The van der Waals surface area contributed by atoms with Crippen LogP contribution in [0.15, 0.2) is 29.5 Å². The molecule has 1 aliphatic heterocycles. The largest absolute Gasteiger partial charge is 0.347 e. The van der Waals surface area contributed by atoms with Crippen LogP contribution < -0.4 is 5.69 Å². The number of carbonyl (C=O) groups excluding carboxylic acids is 1. The molecule has 0 bridgehead atoms. The number of carbonyl (C=O) groups is 1. The molecule has 2 aromatic rings. The number of aryl methyl sites for hydroxylation is 2. The van der Waals surface area contributed by atoms with Gasteiger partial charge in [-0.2, -0.15) is 0 Å². The molecule has 7 heteroatoms. The zero-order valence-electron chi connectivity index (χ0n) is 13.5. The third-order valence-corrected chi connectivity index (χ3v) is 4.26. The zero-order valence-corrected chi connectivity index (χ0v) is 13.5. The van der Waals surface area contributed by atoms with E-state index in [9.17, 15) is 9.59 Å². The molecule has 0 N–H and O–H groups in total. The van der Waals surface area contributed by atoms with Crippen LogP contribution in [0.2, 0.25) is 0 Å². The summed E-state index contributed by atoms with van der Waals surface area (Å²) in [4.78, 5) is 34.2. The van der Waals surface area contributed by atoms with Crippen molar-refractivity contribution in [2.24, 2.45) is 7.05 Å². The maximum absolute atomic E-state index is 12.5. The number of hydrogen-bond acceptors (Lipinski definition) is 4. The number of aromatic nitrogens is 4. The number of nitrogens with zero attached hydrogens (tertiary/aromatic N) is 5. The predicted octanol–water partition coefficient (Wildman–Crippen LogP) is 0.691. The lowest BCUT2D eigenvalue weighted by Crippen LogP contribution is -2.42. The second-order valence-corrected chi connectivity index (χ2v) is 6.06. The standard InChI is InChI=1S/C16H21N5O2/c1-12-9-19(2)15(18-12)13-5-3-7-20(10-13)14(22)11-21-8-4-6-17-16(21)23/h4,6,8-9,13H,3,5,7,10-11H2,1-2H3/t13-/m1/s1. The van der Waals surface area contributed by atoms with Crippen molar-refractivity contribution in [1.29, 1.82) is 0 Å². The SMILES string of the molecule is Cc1cn(C)c([C@@H]2CCCN(C(=O)Cn3cccnc3=O)C2)n1. The van der Waals surface area contributed by atoms with Crippen molar-refractivity contribution < 1.29 is 4.79 Å². The van der Waals surface area contributed by atoms with E-state index in [2.05, 4.69) is 9.97 Å². The minimum atomic E-state index is -0.394. The number of likely N-dealkylation sites (tertiary alicyclic amines) is 1. The van der Waals surface area contributed by atoms with Gasteiger partial charge < -0.3 is 9.47 Å². The summed E-state index contributed by atoms with van der Waals surface area (Å²) in [6.07, 6.45) is 7.01. The molecule has 2 aromatic heterocycles. The Balaban J connectivity index is 1.71. The fourth-order valence-corrected chi connectivity index (χ4v) is 3.18. The van der Waals surface area contributed by atoms with Gasteiger partial charge in [-0.05, 0) is 25.8 Å². The average Bonchev–Trinajstić information content (AvgIpc) is 2.88. The first-order valence-corrected chi connectivity index (χ1v) is 7.83. The lowest BCUT2D eigenvalue weighted by Gasteiger charge is -2.32. The van der Waals surface area contributed by atoms with Crippen molar-refractivity contribution in [3.8, 4) is 0 Å². The van der Waals surface area contributed by atoms with Crippen molar-refractivity contribution in [2.45, 2.75) is 32.2 Å². The highest BCUT2D eigenvalue weighted by Crippen LogP contribution is 2.26. The van der Waals surface area contributed by atoms with E-state index < -0.39 is 5.69 Å². The first-order chi connectivity index (χ1) is 11.0. The monoisotopic (exact) mass is 315 g/mol. The Kier molecular flexibility index (Phi) is 4.27. The Morgan fingerprint density at radius 3 is 2.96 bits per heavy atom. The molecule has 23 heavy (non-hydrogen) atoms. The summed E-state index contributed by atoms with van der Waals surface area (Å²) in [7, 11) is 1.99. The highest BCUT2D eigenvalue weighted by molar-refractivity contribution is 5.76. The fourth-order valence-electron chi connectivity index (χ4n) is 3.18. The predicted molar refractivity (Wildman–Crippen MR) is 85.0 cm³/mol. The van der Waals surface area contributed by atoms with Gasteiger partial charge in [0.2, 0.25) is 5.91 Å². The van der Waals surface area contributed by atoms with Crippen LogP contribution in [-0.2, 0) is 18.4 Å². The van der Waals surface area contributed by atoms with Crippen LogP contribution in [0.1, 0.15) is 30.3 Å². The second-order valence-electron chi connectivity index (χ2n) is 6.06. The molecule has 3 heterocycles. The van der Waals surface area contributed by atoms with Gasteiger partial charge in [-0.15, -0.1) is 0 Å². The van der Waals surface area contributed by atoms with Crippen LogP contribution in [0, 0.1) is 6.92 Å². The minimum absolute atomic E-state index is 0.0407. The van der Waals surface area contributed by atoms with Crippen LogP contribution >= 0.6 is 0 Å². The molecule has 1 atom stereocenters. The summed E-state index contributed by atoms with van der Waals surface area (Å²) in [6.45, 7) is 3.40. The third kappa shape index (κ3) is 3.33. The van der Waals surface area contributed by atoms with Gasteiger partial charge in [0.25, 0.3) is 0 Å². The molecule has 0 aliphatic carbocycles. The van der Waals surface area contributed by atoms with Gasteiger partial charge in [-0.1, -0.05) is 0 Å². The molecule has 122 valence electrons. The molecule has 0 spiro atoms. The van der Waals surface area contributed by atoms with Gasteiger partial charge in [-0.3, -0.25) is 9.36 Å². The van der Waals surface area contributed by atoms with Gasteiger partial charge in [0.15, 0.2) is 0 Å². The fraction of sp³-hybridized carbons (Fsp3) is 0.500. The molecule has 0 saturated carbocycles. The molecular weight excluding hydrogens is 294 g/mol. The van der Waals surface area contributed by atoms with Crippen LogP contribution in [0.4, 0.5) is 0 Å². The highest BCUT2D eigenvalue weighted by atomic mass is 16.2. The van der Waals surface area contributed by atoms with E-state index in [-0.39, 0.29) is 18.4 Å². The number of amides is 1. The molecule has 0 radical (unpaired) electrons. The maximum atomic E-state index is 12.5. The molecule has 1 fully saturated rings. The summed E-state index contributed by atoms with van der Waals surface area (Å²) < 4.78 is 3.39. The molecule has 1 saturated heterocycles. The van der Waals surface area contributed by atoms with E-state index in [1.165, 1.54) is 10.8 Å². The molecular formula is C16H21N5O2. The Morgan fingerprint density at radius 1 is 1.43 bits per heavy atom. The molecule has 0 aromatic carbocycles. The Labute approximate surface area is 134 Å². The first-order valence-electron chi connectivity index (χ1n) is 7.83. The summed E-state index contributed by atoms with van der Waals surface area (Å²) in [5, 5.41) is 0. The second kappa shape index (κ2) is 6.36. The molecule has 1 aliphatic rings. The van der Waals surface area contributed by atoms with Gasteiger partial charge in [0.05, 0.1) is 5.69 Å². The van der Waals surface area contributed by atoms with Crippen LogP contribution in [0.25, 0.3) is 0 Å². The molecule has 0 unspecified atom stereocenters. The first kappa shape index (κ1) is 15.5. The maximum Gasteiger partial charge on any atom is 0.347 e. The van der Waals surface area contributed by atoms with E-state index in [0.29, 0.717) is 6.54 Å². The number of rotatable bonds is 3. The average molecular weight is 315 g/mol. The Morgan fingerprint density at radius 2 is 2.26 bits per heavy atom. The summed E-state index contributed by atoms with van der Waals surface area (Å²) in [6, 6.07) is 1.66. The van der Waals surface area contributed by atoms with E-state index in [1.54, 1.807) is 12.3 Å². The van der Waals surface area contributed by atoms with Gasteiger partial charge in [0, 0.05) is 44.6 Å². The van der Waals surface area contributed by atoms with Gasteiger partial charge >= 0.3 is 5.69 Å². The number of imidazole rings is 1. The van der Waals surface area contributed by atoms with Crippen molar-refractivity contribution in [1.82, 2.24) is 24.0 Å². The van der Waals surface area contributed by atoms with Crippen LogP contribution in [0.5, 0.6) is 0 Å². The zero-order chi connectivity index (χ0) is 16.4. The smallest absolute Gasteiger partial charge is 0.340 e. The molecule has 1 amide bonds. The van der Waals surface area contributed by atoms with Gasteiger partial charge in [-0.25, -0.2) is 14.8 Å². The Bertz CT molecular complexity index is 764. The van der Waals surface area contributed by atoms with Crippen LogP contribution in [0.3, 0.4) is 0 Å². The number of piperidine rings is 1. The van der Waals surface area contributed by atoms with Crippen molar-refractivity contribution in [3.63, 3.8) is 0 Å². The van der Waals surface area contributed by atoms with Crippen molar-refractivity contribution in [2.75, 3.05) is 13.1 Å². The Hall–Kier alpha value is -2.44. The summed E-state index contributed by atoms with van der Waals surface area (Å²) in [5.74, 6) is 1.23. The lowest BCUT2D eigenvalue weighted by atomic mass is 9.97. The lowest BCUT2D eigenvalue weighted by molar-refractivity contribution is -0.133. The number of hydrogen-bond donors (Lipinski definition) is 0. The van der Waals surface area contributed by atoms with Crippen LogP contribution in [-0.4, -0.2) is 43.0 Å². The minimum Gasteiger partial charge on any atom is -0.340 e. The van der Waals surface area contributed by atoms with Crippen molar-refractivity contribution in [3.05, 3.63) is 46.7 Å². The summed E-state index contributed by atoms with van der Waals surface area (Å²) in [5.41, 5.74) is 0.599. The van der Waals surface area contributed by atoms with E-state index >= 15 is 0 Å².